The summed E-state index contributed by atoms with van der Waals surface area (Å²) in [6, 6.07) is 10.0. The summed E-state index contributed by atoms with van der Waals surface area (Å²) in [4.78, 5) is 14.5. The first-order valence-corrected chi connectivity index (χ1v) is 12.0. The molecule has 0 amide bonds. The number of H-pyrrole nitrogens is 1. The van der Waals surface area contributed by atoms with Crippen LogP contribution in [-0.2, 0) is 27.5 Å². The van der Waals surface area contributed by atoms with Gasteiger partial charge < -0.3 is 14.5 Å². The molecule has 0 spiro atoms. The minimum atomic E-state index is -4.48. The van der Waals surface area contributed by atoms with Gasteiger partial charge in [-0.1, -0.05) is 0 Å². The predicted octanol–water partition coefficient (Wildman–Crippen LogP) is 5.15. The Bertz CT molecular complexity index is 1300. The molecule has 182 valence electrons. The van der Waals surface area contributed by atoms with Gasteiger partial charge in [0.15, 0.2) is 0 Å². The standard InChI is InChI=1S/C23H23F3N2O5S/c1-3-32-14-15-11-22(29)27-13-20(15)19-12-17(28-34(30,31)4-2)7-10-21(19)33-18-8-5-16(6-9-18)23(24,25)26/h5-13,28H,3-4,14H2,1-2H3,(H,27,29). The van der Waals surface area contributed by atoms with Crippen molar-refractivity contribution in [2.75, 3.05) is 17.1 Å². The molecule has 34 heavy (non-hydrogen) atoms. The van der Waals surface area contributed by atoms with E-state index >= 15 is 0 Å². The molecule has 0 aliphatic heterocycles. The van der Waals surface area contributed by atoms with Crippen LogP contribution in [0.15, 0.2) is 59.5 Å². The second-order valence-electron chi connectivity index (χ2n) is 7.21. The third-order valence-electron chi connectivity index (χ3n) is 4.80. The van der Waals surface area contributed by atoms with Crippen LogP contribution in [0.4, 0.5) is 18.9 Å². The van der Waals surface area contributed by atoms with Crippen LogP contribution in [0.3, 0.4) is 0 Å². The monoisotopic (exact) mass is 496 g/mol. The molecule has 0 saturated carbocycles. The number of hydrogen-bond donors (Lipinski definition) is 2. The number of alkyl halides is 3. The molecule has 0 aliphatic carbocycles. The number of hydrogen-bond acceptors (Lipinski definition) is 5. The highest BCUT2D eigenvalue weighted by atomic mass is 32.2. The lowest BCUT2D eigenvalue weighted by Gasteiger charge is -2.17. The highest BCUT2D eigenvalue weighted by Crippen LogP contribution is 2.38. The van der Waals surface area contributed by atoms with Crippen molar-refractivity contribution < 1.29 is 31.1 Å². The molecule has 0 saturated heterocycles. The second kappa shape index (κ2) is 10.3. The summed E-state index contributed by atoms with van der Waals surface area (Å²) in [5.74, 6) is 0.247. The lowest BCUT2D eigenvalue weighted by molar-refractivity contribution is -0.137. The number of nitrogens with one attached hydrogen (secondary N) is 2. The van der Waals surface area contributed by atoms with Gasteiger partial charge in [0.2, 0.25) is 15.6 Å². The van der Waals surface area contributed by atoms with Crippen molar-refractivity contribution in [2.45, 2.75) is 26.6 Å². The van der Waals surface area contributed by atoms with Crippen molar-refractivity contribution in [3.05, 3.63) is 76.2 Å². The number of aromatic nitrogens is 1. The van der Waals surface area contributed by atoms with Crippen molar-refractivity contribution in [3.8, 4) is 22.6 Å². The van der Waals surface area contributed by atoms with Gasteiger partial charge >= 0.3 is 6.18 Å². The third kappa shape index (κ3) is 6.39. The third-order valence-corrected chi connectivity index (χ3v) is 6.11. The minimum absolute atomic E-state index is 0.111. The molecule has 0 unspecified atom stereocenters. The van der Waals surface area contributed by atoms with Crippen molar-refractivity contribution in [3.63, 3.8) is 0 Å². The average molecular weight is 497 g/mol. The highest BCUT2D eigenvalue weighted by Gasteiger charge is 2.30. The molecular weight excluding hydrogens is 473 g/mol. The Morgan fingerprint density at radius 2 is 1.71 bits per heavy atom. The number of benzene rings is 2. The Labute approximate surface area is 194 Å². The molecular formula is C23H23F3N2O5S. The lowest BCUT2D eigenvalue weighted by atomic mass is 10.0. The number of halogens is 3. The second-order valence-corrected chi connectivity index (χ2v) is 9.22. The van der Waals surface area contributed by atoms with Crippen LogP contribution in [0.5, 0.6) is 11.5 Å². The first-order chi connectivity index (χ1) is 16.0. The van der Waals surface area contributed by atoms with Crippen molar-refractivity contribution in [1.29, 1.82) is 0 Å². The van der Waals surface area contributed by atoms with Crippen molar-refractivity contribution in [2.24, 2.45) is 0 Å². The SMILES string of the molecule is CCOCc1cc(=O)[nH]cc1-c1cc(NS(=O)(=O)CC)ccc1Oc1ccc(C(F)(F)F)cc1. The fourth-order valence-electron chi connectivity index (χ4n) is 3.08. The average Bonchev–Trinajstić information content (AvgIpc) is 2.78. The van der Waals surface area contributed by atoms with E-state index in [1.165, 1.54) is 49.5 Å². The summed E-state index contributed by atoms with van der Waals surface area (Å²) >= 11 is 0. The smallest absolute Gasteiger partial charge is 0.416 e. The van der Waals surface area contributed by atoms with Crippen LogP contribution in [-0.4, -0.2) is 25.8 Å². The summed E-state index contributed by atoms with van der Waals surface area (Å²) in [5.41, 5.74) is 0.522. The first kappa shape index (κ1) is 25.3. The molecule has 7 nitrogen and oxygen atoms in total. The maximum Gasteiger partial charge on any atom is 0.416 e. The number of pyridine rings is 1. The Hall–Kier alpha value is -3.31. The van der Waals surface area contributed by atoms with Crippen molar-refractivity contribution in [1.82, 2.24) is 4.98 Å². The summed E-state index contributed by atoms with van der Waals surface area (Å²) in [5, 5.41) is 0. The van der Waals surface area contributed by atoms with E-state index < -0.39 is 21.8 Å². The van der Waals surface area contributed by atoms with E-state index in [0.717, 1.165) is 12.1 Å². The predicted molar refractivity (Wildman–Crippen MR) is 122 cm³/mol. The van der Waals surface area contributed by atoms with E-state index in [0.29, 0.717) is 23.3 Å². The Morgan fingerprint density at radius 3 is 2.32 bits per heavy atom. The van der Waals surface area contributed by atoms with Gasteiger partial charge in [-0.25, -0.2) is 8.42 Å². The van der Waals surface area contributed by atoms with Crippen LogP contribution in [0, 0.1) is 0 Å². The molecule has 0 atom stereocenters. The zero-order valence-corrected chi connectivity index (χ0v) is 19.2. The van der Waals surface area contributed by atoms with Crippen LogP contribution < -0.4 is 15.0 Å². The quantitative estimate of drug-likeness (QED) is 0.427. The minimum Gasteiger partial charge on any atom is -0.457 e. The van der Waals surface area contributed by atoms with Gasteiger partial charge in [0.1, 0.15) is 11.5 Å². The summed E-state index contributed by atoms with van der Waals surface area (Å²) < 4.78 is 76.5. The molecule has 1 heterocycles. The fraction of sp³-hybridized carbons (Fsp3) is 0.261. The molecule has 2 N–H and O–H groups in total. The molecule has 11 heteroatoms. The molecule has 1 aromatic heterocycles. The fourth-order valence-corrected chi connectivity index (χ4v) is 3.71. The Balaban J connectivity index is 2.09. The van der Waals surface area contributed by atoms with E-state index in [-0.39, 0.29) is 35.1 Å². The van der Waals surface area contributed by atoms with Crippen LogP contribution in [0.1, 0.15) is 25.0 Å². The van der Waals surface area contributed by atoms with Gasteiger partial charge in [0.25, 0.3) is 0 Å². The summed E-state index contributed by atoms with van der Waals surface area (Å²) in [6.07, 6.45) is -3.03. The largest absolute Gasteiger partial charge is 0.457 e. The number of rotatable bonds is 9. The lowest BCUT2D eigenvalue weighted by Crippen LogP contribution is -2.14. The van der Waals surface area contributed by atoms with Gasteiger partial charge in [-0.3, -0.25) is 9.52 Å². The summed E-state index contributed by atoms with van der Waals surface area (Å²) in [6.45, 7) is 3.80. The number of anilines is 1. The van der Waals surface area contributed by atoms with E-state index in [2.05, 4.69) is 9.71 Å². The number of sulfonamides is 1. The van der Waals surface area contributed by atoms with E-state index in [9.17, 15) is 26.4 Å². The van der Waals surface area contributed by atoms with E-state index in [1.807, 2.05) is 0 Å². The Morgan fingerprint density at radius 1 is 1.00 bits per heavy atom. The maximum atomic E-state index is 12.9. The molecule has 0 fully saturated rings. The van der Waals surface area contributed by atoms with Gasteiger partial charge in [-0.05, 0) is 61.9 Å². The van der Waals surface area contributed by atoms with Gasteiger partial charge in [-0.2, -0.15) is 13.2 Å². The molecule has 2 aromatic carbocycles. The van der Waals surface area contributed by atoms with E-state index in [4.69, 9.17) is 9.47 Å². The van der Waals surface area contributed by atoms with Crippen LogP contribution in [0.25, 0.3) is 11.1 Å². The van der Waals surface area contributed by atoms with Crippen LogP contribution in [0.2, 0.25) is 0 Å². The van der Waals surface area contributed by atoms with Crippen LogP contribution >= 0.6 is 0 Å². The van der Waals surface area contributed by atoms with Crippen molar-refractivity contribution >= 4 is 15.7 Å². The first-order valence-electron chi connectivity index (χ1n) is 10.3. The van der Waals surface area contributed by atoms with E-state index in [1.54, 1.807) is 6.92 Å². The molecule has 0 bridgehead atoms. The normalized spacial score (nSPS) is 11.9. The van der Waals surface area contributed by atoms with Gasteiger partial charge in [0, 0.05) is 35.7 Å². The molecule has 3 rings (SSSR count). The Kier molecular flexibility index (Phi) is 7.68. The maximum absolute atomic E-state index is 12.9. The van der Waals surface area contributed by atoms with Gasteiger partial charge in [-0.15, -0.1) is 0 Å². The molecule has 3 aromatic rings. The number of aromatic amines is 1. The van der Waals surface area contributed by atoms with Gasteiger partial charge in [0.05, 0.1) is 17.9 Å². The highest BCUT2D eigenvalue weighted by molar-refractivity contribution is 7.92. The zero-order valence-electron chi connectivity index (χ0n) is 18.4. The summed E-state index contributed by atoms with van der Waals surface area (Å²) in [7, 11) is -3.57. The molecule has 0 radical (unpaired) electrons. The number of ether oxygens (including phenoxy) is 2. The topological polar surface area (TPSA) is 97.5 Å². The zero-order chi connectivity index (χ0) is 24.9. The molecule has 0 aliphatic rings.